The minimum atomic E-state index is 0.358. The molecule has 0 saturated heterocycles. The Morgan fingerprint density at radius 2 is 1.08 bits per heavy atom. The molecule has 5 heteroatoms. The molecule has 0 atom stereocenters. The van der Waals surface area contributed by atoms with Gasteiger partial charge in [-0.1, -0.05) is 0 Å². The van der Waals surface area contributed by atoms with E-state index >= 15 is 0 Å². The molecule has 0 N–H and O–H groups in total. The van der Waals surface area contributed by atoms with Crippen LogP contribution in [0.25, 0.3) is 0 Å². The van der Waals surface area contributed by atoms with Gasteiger partial charge in [0.25, 0.3) is 0 Å². The van der Waals surface area contributed by atoms with Crippen molar-refractivity contribution >= 4 is 63.1 Å². The molecule has 0 unspecified atom stereocenters. The zero-order chi connectivity index (χ0) is 9.82. The van der Waals surface area contributed by atoms with Gasteiger partial charge >= 0.3 is 0 Å². The third-order valence-electron chi connectivity index (χ3n) is 0.988. The Labute approximate surface area is 104 Å². The van der Waals surface area contributed by atoms with Gasteiger partial charge in [-0.2, -0.15) is 63.1 Å². The number of hydrogen-bond donors (Lipinski definition) is 5. The predicted molar refractivity (Wildman–Crippen MR) is 77.4 cm³/mol. The van der Waals surface area contributed by atoms with Crippen molar-refractivity contribution in [3.63, 3.8) is 0 Å². The second-order valence-corrected chi connectivity index (χ2v) is 4.53. The Morgan fingerprint density at radius 3 is 1.17 bits per heavy atom. The molecule has 0 amide bonds. The second-order valence-electron chi connectivity index (χ2n) is 2.17. The standard InChI is InChI=1S/C4H10S2.C3H8S3/c5-3-1-2-4-6;4-1-3(6)2-5/h5-6H,1-4H2;3-6H,1-2H2. The van der Waals surface area contributed by atoms with E-state index in [0.29, 0.717) is 5.25 Å². The van der Waals surface area contributed by atoms with E-state index in [-0.39, 0.29) is 0 Å². The topological polar surface area (TPSA) is 0 Å². The minimum Gasteiger partial charge on any atom is -0.179 e. The number of hydrogen-bond acceptors (Lipinski definition) is 5. The minimum absolute atomic E-state index is 0.358. The van der Waals surface area contributed by atoms with E-state index < -0.39 is 0 Å². The highest BCUT2D eigenvalue weighted by atomic mass is 32.1. The van der Waals surface area contributed by atoms with Crippen molar-refractivity contribution in [1.82, 2.24) is 0 Å². The number of thiol groups is 5. The second kappa shape index (κ2) is 15.2. The van der Waals surface area contributed by atoms with Crippen molar-refractivity contribution in [2.45, 2.75) is 18.1 Å². The highest BCUT2D eigenvalue weighted by molar-refractivity contribution is 7.86. The molecule has 76 valence electrons. The van der Waals surface area contributed by atoms with E-state index in [1.54, 1.807) is 0 Å². The fourth-order valence-electron chi connectivity index (χ4n) is 0.281. The van der Waals surface area contributed by atoms with Crippen molar-refractivity contribution < 1.29 is 0 Å². The first kappa shape index (κ1) is 16.2. The van der Waals surface area contributed by atoms with Gasteiger partial charge in [0.05, 0.1) is 0 Å². The summed E-state index contributed by atoms with van der Waals surface area (Å²) in [7, 11) is 0. The van der Waals surface area contributed by atoms with Crippen LogP contribution in [0.4, 0.5) is 0 Å². The zero-order valence-electron chi connectivity index (χ0n) is 7.06. The maximum absolute atomic E-state index is 4.08. The van der Waals surface area contributed by atoms with Crippen LogP contribution >= 0.6 is 63.1 Å². The Bertz CT molecular complexity index is 60.8. The van der Waals surface area contributed by atoms with Gasteiger partial charge in [0.1, 0.15) is 0 Å². The van der Waals surface area contributed by atoms with E-state index in [9.17, 15) is 0 Å². The molecule has 0 saturated carbocycles. The number of rotatable bonds is 5. The molecule has 0 nitrogen and oxygen atoms in total. The van der Waals surface area contributed by atoms with Crippen molar-refractivity contribution in [3.8, 4) is 0 Å². The lowest BCUT2D eigenvalue weighted by molar-refractivity contribution is 0.912. The SMILES string of the molecule is SCC(S)CS.SCCCCS. The van der Waals surface area contributed by atoms with Crippen LogP contribution in [0.2, 0.25) is 0 Å². The normalized spacial score (nSPS) is 9.50. The van der Waals surface area contributed by atoms with E-state index in [4.69, 9.17) is 0 Å². The molecule has 12 heavy (non-hydrogen) atoms. The van der Waals surface area contributed by atoms with Crippen LogP contribution in [0.1, 0.15) is 12.8 Å². The van der Waals surface area contributed by atoms with Gasteiger partial charge in [-0.25, -0.2) is 0 Å². The lowest BCUT2D eigenvalue weighted by Crippen LogP contribution is -2.00. The summed E-state index contributed by atoms with van der Waals surface area (Å²) in [6.07, 6.45) is 2.40. The average molecular weight is 263 g/mol. The Morgan fingerprint density at radius 1 is 0.750 bits per heavy atom. The highest BCUT2D eigenvalue weighted by Gasteiger charge is 1.91. The van der Waals surface area contributed by atoms with E-state index in [1.807, 2.05) is 0 Å². The Kier molecular flexibility index (Phi) is 20.6. The van der Waals surface area contributed by atoms with Crippen LogP contribution in [-0.2, 0) is 0 Å². The van der Waals surface area contributed by atoms with Gasteiger partial charge in [0.2, 0.25) is 0 Å². The molecule has 0 aromatic carbocycles. The lowest BCUT2D eigenvalue weighted by Gasteiger charge is -1.96. The van der Waals surface area contributed by atoms with Crippen LogP contribution in [0, 0.1) is 0 Å². The first-order valence-electron chi connectivity index (χ1n) is 3.84. The molecule has 0 aliphatic heterocycles. The quantitative estimate of drug-likeness (QED) is 0.365. The molecule has 0 aliphatic carbocycles. The summed E-state index contributed by atoms with van der Waals surface area (Å²) >= 11 is 20.1. The first-order valence-corrected chi connectivity index (χ1v) is 6.89. The molecule has 0 aliphatic rings. The lowest BCUT2D eigenvalue weighted by atomic mass is 10.4. The van der Waals surface area contributed by atoms with Gasteiger partial charge in [-0.3, -0.25) is 0 Å². The molecule has 0 heterocycles. The predicted octanol–water partition coefficient (Wildman–Crippen LogP) is 2.77. The summed E-state index contributed by atoms with van der Waals surface area (Å²) in [6.45, 7) is 0. The maximum Gasteiger partial charge on any atom is 0.0193 e. The van der Waals surface area contributed by atoms with Crippen molar-refractivity contribution in [1.29, 1.82) is 0 Å². The summed E-state index contributed by atoms with van der Waals surface area (Å²) in [5.41, 5.74) is 0. The zero-order valence-corrected chi connectivity index (χ0v) is 11.5. The van der Waals surface area contributed by atoms with Crippen molar-refractivity contribution in [3.05, 3.63) is 0 Å². The van der Waals surface area contributed by atoms with Gasteiger partial charge in [0.15, 0.2) is 0 Å². The molecule has 0 spiro atoms. The van der Waals surface area contributed by atoms with Gasteiger partial charge in [-0.15, -0.1) is 0 Å². The number of unbranched alkanes of at least 4 members (excludes halogenated alkanes) is 1. The van der Waals surface area contributed by atoms with Crippen molar-refractivity contribution in [2.75, 3.05) is 23.0 Å². The monoisotopic (exact) mass is 262 g/mol. The van der Waals surface area contributed by atoms with E-state index in [2.05, 4.69) is 63.1 Å². The van der Waals surface area contributed by atoms with E-state index in [1.165, 1.54) is 12.8 Å². The van der Waals surface area contributed by atoms with E-state index in [0.717, 1.165) is 23.0 Å². The van der Waals surface area contributed by atoms with Gasteiger partial charge in [-0.05, 0) is 24.3 Å². The largest absolute Gasteiger partial charge is 0.179 e. The summed E-state index contributed by atoms with van der Waals surface area (Å²) in [5, 5.41) is 0.358. The third kappa shape index (κ3) is 17.7. The fourth-order valence-corrected chi connectivity index (χ4v) is 1.19. The van der Waals surface area contributed by atoms with Crippen molar-refractivity contribution in [2.24, 2.45) is 0 Å². The van der Waals surface area contributed by atoms with Crippen LogP contribution in [-0.4, -0.2) is 28.3 Å². The van der Waals surface area contributed by atoms with Crippen LogP contribution in [0.15, 0.2) is 0 Å². The highest BCUT2D eigenvalue weighted by Crippen LogP contribution is 1.97. The molecule has 0 aromatic heterocycles. The summed E-state index contributed by atoms with van der Waals surface area (Å²) in [5.74, 6) is 3.63. The molecule has 0 rings (SSSR count). The van der Waals surface area contributed by atoms with Gasteiger partial charge < -0.3 is 0 Å². The summed E-state index contributed by atoms with van der Waals surface area (Å²) < 4.78 is 0. The first-order chi connectivity index (χ1) is 5.72. The summed E-state index contributed by atoms with van der Waals surface area (Å²) in [6, 6.07) is 0. The van der Waals surface area contributed by atoms with Crippen LogP contribution in [0.3, 0.4) is 0 Å². The average Bonchev–Trinajstić information content (AvgIpc) is 2.14. The Hall–Kier alpha value is 1.75. The molecule has 0 radical (unpaired) electrons. The fraction of sp³-hybridized carbons (Fsp3) is 1.00. The van der Waals surface area contributed by atoms with Crippen LogP contribution < -0.4 is 0 Å². The maximum atomic E-state index is 4.08. The molecule has 0 aromatic rings. The molecular weight excluding hydrogens is 244 g/mol. The van der Waals surface area contributed by atoms with Gasteiger partial charge in [0, 0.05) is 16.8 Å². The smallest absolute Gasteiger partial charge is 0.0193 e. The molecule has 0 fully saturated rings. The molecule has 0 bridgehead atoms. The summed E-state index contributed by atoms with van der Waals surface area (Å²) in [4.78, 5) is 0. The van der Waals surface area contributed by atoms with Crippen LogP contribution in [0.5, 0.6) is 0 Å². The Balaban J connectivity index is 0. The molecular formula is C7H18S5. The third-order valence-corrected chi connectivity index (χ3v) is 3.44.